The Morgan fingerprint density at radius 2 is 2.00 bits per heavy atom. The van der Waals surface area contributed by atoms with E-state index >= 15 is 0 Å². The summed E-state index contributed by atoms with van der Waals surface area (Å²) in [6.07, 6.45) is 3.07. The van der Waals surface area contributed by atoms with Crippen LogP contribution in [0.2, 0.25) is 0 Å². The van der Waals surface area contributed by atoms with Crippen molar-refractivity contribution in [1.82, 2.24) is 4.98 Å². The summed E-state index contributed by atoms with van der Waals surface area (Å²) < 4.78 is 6.22. The number of carbonyl (C=O) groups excluding carboxylic acids is 2. The van der Waals surface area contributed by atoms with Gasteiger partial charge >= 0.3 is 0 Å². The lowest BCUT2D eigenvalue weighted by Crippen LogP contribution is -2.14. The summed E-state index contributed by atoms with van der Waals surface area (Å²) in [5.41, 5.74) is 1.46. The Kier molecular flexibility index (Phi) is 5.70. The van der Waals surface area contributed by atoms with Crippen LogP contribution in [0.25, 0.3) is 0 Å². The van der Waals surface area contributed by atoms with Gasteiger partial charge in [-0.3, -0.25) is 14.6 Å². The third-order valence-electron chi connectivity index (χ3n) is 2.82. The van der Waals surface area contributed by atoms with Crippen LogP contribution in [0.4, 0.5) is 11.4 Å². The molecule has 2 N–H and O–H groups in total. The van der Waals surface area contributed by atoms with Gasteiger partial charge in [-0.15, -0.1) is 0 Å². The van der Waals surface area contributed by atoms with Crippen molar-refractivity contribution < 1.29 is 14.3 Å². The molecular formula is C16H16BrN3O3. The van der Waals surface area contributed by atoms with Crippen LogP contribution in [-0.2, 0) is 4.79 Å². The minimum Gasteiger partial charge on any atom is -0.492 e. The molecule has 0 unspecified atom stereocenters. The Morgan fingerprint density at radius 3 is 2.65 bits per heavy atom. The molecule has 0 atom stereocenters. The molecule has 0 spiro atoms. The highest BCUT2D eigenvalue weighted by Crippen LogP contribution is 2.29. The van der Waals surface area contributed by atoms with Gasteiger partial charge in [0.05, 0.1) is 17.9 Å². The highest BCUT2D eigenvalue weighted by Gasteiger charge is 2.12. The molecule has 0 fully saturated rings. The van der Waals surface area contributed by atoms with Gasteiger partial charge in [-0.1, -0.05) is 0 Å². The molecule has 6 nitrogen and oxygen atoms in total. The maximum absolute atomic E-state index is 12.3. The number of benzene rings is 1. The van der Waals surface area contributed by atoms with Crippen molar-refractivity contribution in [3.05, 3.63) is 46.7 Å². The van der Waals surface area contributed by atoms with E-state index in [1.807, 2.05) is 6.92 Å². The van der Waals surface area contributed by atoms with Gasteiger partial charge in [-0.2, -0.15) is 0 Å². The van der Waals surface area contributed by atoms with Crippen molar-refractivity contribution in [3.63, 3.8) is 0 Å². The zero-order valence-electron chi connectivity index (χ0n) is 12.7. The van der Waals surface area contributed by atoms with Crippen molar-refractivity contribution in [1.29, 1.82) is 0 Å². The molecule has 0 saturated carbocycles. The van der Waals surface area contributed by atoms with Crippen LogP contribution in [0, 0.1) is 0 Å². The lowest BCUT2D eigenvalue weighted by molar-refractivity contribution is -0.114. The van der Waals surface area contributed by atoms with E-state index in [9.17, 15) is 9.59 Å². The van der Waals surface area contributed by atoms with Crippen LogP contribution in [0.1, 0.15) is 24.2 Å². The van der Waals surface area contributed by atoms with Crippen LogP contribution >= 0.6 is 15.9 Å². The molecule has 0 radical (unpaired) electrons. The highest BCUT2D eigenvalue weighted by molar-refractivity contribution is 9.10. The lowest BCUT2D eigenvalue weighted by Gasteiger charge is -2.13. The molecule has 120 valence electrons. The summed E-state index contributed by atoms with van der Waals surface area (Å²) >= 11 is 3.28. The first-order valence-corrected chi connectivity index (χ1v) is 7.75. The number of amides is 2. The van der Waals surface area contributed by atoms with E-state index < -0.39 is 0 Å². The van der Waals surface area contributed by atoms with Crippen LogP contribution in [0.15, 0.2) is 41.1 Å². The zero-order chi connectivity index (χ0) is 16.8. The monoisotopic (exact) mass is 377 g/mol. The maximum atomic E-state index is 12.3. The van der Waals surface area contributed by atoms with Crippen LogP contribution in [0.3, 0.4) is 0 Å². The molecular weight excluding hydrogens is 362 g/mol. The average Bonchev–Trinajstić information content (AvgIpc) is 2.49. The second-order valence-electron chi connectivity index (χ2n) is 4.67. The van der Waals surface area contributed by atoms with Gasteiger partial charge in [0.25, 0.3) is 5.91 Å². The van der Waals surface area contributed by atoms with E-state index in [-0.39, 0.29) is 11.8 Å². The SMILES string of the molecule is CCOc1ccc(NC(C)=O)cc1NC(=O)c1cncc(Br)c1. The zero-order valence-corrected chi connectivity index (χ0v) is 14.3. The number of hydrogen-bond donors (Lipinski definition) is 2. The first-order chi connectivity index (χ1) is 11.0. The number of ether oxygens (including phenoxy) is 1. The van der Waals surface area contributed by atoms with E-state index in [0.29, 0.717) is 33.8 Å². The minimum atomic E-state index is -0.320. The van der Waals surface area contributed by atoms with Crippen molar-refractivity contribution in [2.45, 2.75) is 13.8 Å². The quantitative estimate of drug-likeness (QED) is 0.835. The number of aromatic nitrogens is 1. The van der Waals surface area contributed by atoms with E-state index in [1.54, 1.807) is 30.5 Å². The number of carbonyl (C=O) groups is 2. The maximum Gasteiger partial charge on any atom is 0.257 e. The Hall–Kier alpha value is -2.41. The van der Waals surface area contributed by atoms with Gasteiger partial charge < -0.3 is 15.4 Å². The summed E-state index contributed by atoms with van der Waals surface area (Å²) in [7, 11) is 0. The molecule has 0 bridgehead atoms. The molecule has 0 saturated heterocycles. The van der Waals surface area contributed by atoms with E-state index in [4.69, 9.17) is 4.74 Å². The number of anilines is 2. The molecule has 2 amide bonds. The van der Waals surface area contributed by atoms with Gasteiger partial charge in [-0.05, 0) is 47.1 Å². The molecule has 0 aliphatic heterocycles. The summed E-state index contributed by atoms with van der Waals surface area (Å²) in [6.45, 7) is 3.73. The topological polar surface area (TPSA) is 80.3 Å². The van der Waals surface area contributed by atoms with E-state index in [1.165, 1.54) is 13.1 Å². The van der Waals surface area contributed by atoms with E-state index in [2.05, 4.69) is 31.5 Å². The van der Waals surface area contributed by atoms with Gasteiger partial charge in [0.1, 0.15) is 5.75 Å². The molecule has 23 heavy (non-hydrogen) atoms. The fourth-order valence-corrected chi connectivity index (χ4v) is 2.29. The van der Waals surface area contributed by atoms with Crippen molar-refractivity contribution in [2.75, 3.05) is 17.2 Å². The molecule has 7 heteroatoms. The molecule has 1 aromatic heterocycles. The van der Waals surface area contributed by atoms with Gasteiger partial charge in [0.15, 0.2) is 0 Å². The van der Waals surface area contributed by atoms with E-state index in [0.717, 1.165) is 0 Å². The van der Waals surface area contributed by atoms with Crippen molar-refractivity contribution in [3.8, 4) is 5.75 Å². The number of rotatable bonds is 5. The predicted octanol–water partition coefficient (Wildman–Crippen LogP) is 3.45. The second kappa shape index (κ2) is 7.73. The number of pyridine rings is 1. The number of halogens is 1. The Bertz CT molecular complexity index is 734. The highest BCUT2D eigenvalue weighted by atomic mass is 79.9. The third-order valence-corrected chi connectivity index (χ3v) is 3.25. The van der Waals surface area contributed by atoms with Gasteiger partial charge in [-0.25, -0.2) is 0 Å². The van der Waals surface area contributed by atoms with Crippen molar-refractivity contribution >= 4 is 39.1 Å². The first kappa shape index (κ1) is 17.0. The predicted molar refractivity (Wildman–Crippen MR) is 91.8 cm³/mol. The smallest absolute Gasteiger partial charge is 0.257 e. The second-order valence-corrected chi connectivity index (χ2v) is 5.59. The Labute approximate surface area is 142 Å². The lowest BCUT2D eigenvalue weighted by atomic mass is 10.2. The standard InChI is InChI=1S/C16H16BrN3O3/c1-3-23-15-5-4-13(19-10(2)21)7-14(15)20-16(22)11-6-12(17)9-18-8-11/h4-9H,3H2,1-2H3,(H,19,21)(H,20,22). The minimum absolute atomic E-state index is 0.192. The van der Waals surface area contributed by atoms with Crippen LogP contribution in [0.5, 0.6) is 5.75 Å². The molecule has 0 aliphatic carbocycles. The number of nitrogens with zero attached hydrogens (tertiary/aromatic N) is 1. The fourth-order valence-electron chi connectivity index (χ4n) is 1.92. The average molecular weight is 378 g/mol. The van der Waals surface area contributed by atoms with Crippen molar-refractivity contribution in [2.24, 2.45) is 0 Å². The summed E-state index contributed by atoms with van der Waals surface area (Å²) in [6, 6.07) is 6.72. The summed E-state index contributed by atoms with van der Waals surface area (Å²) in [5, 5.41) is 5.45. The van der Waals surface area contributed by atoms with Crippen LogP contribution in [-0.4, -0.2) is 23.4 Å². The molecule has 1 aromatic carbocycles. The fraction of sp³-hybridized carbons (Fsp3) is 0.188. The number of nitrogens with one attached hydrogen (secondary N) is 2. The number of hydrogen-bond acceptors (Lipinski definition) is 4. The molecule has 1 heterocycles. The summed E-state index contributed by atoms with van der Waals surface area (Å²) in [4.78, 5) is 27.5. The first-order valence-electron chi connectivity index (χ1n) is 6.96. The Balaban J connectivity index is 2.28. The molecule has 0 aliphatic rings. The third kappa shape index (κ3) is 4.79. The van der Waals surface area contributed by atoms with Gasteiger partial charge in [0.2, 0.25) is 5.91 Å². The normalized spacial score (nSPS) is 10.0. The molecule has 2 aromatic rings. The molecule has 2 rings (SSSR count). The Morgan fingerprint density at radius 1 is 1.22 bits per heavy atom. The van der Waals surface area contributed by atoms with Crippen LogP contribution < -0.4 is 15.4 Å². The largest absolute Gasteiger partial charge is 0.492 e. The summed E-state index contributed by atoms with van der Waals surface area (Å²) in [5.74, 6) is 0.0141. The van der Waals surface area contributed by atoms with Gasteiger partial charge in [0, 0.05) is 29.5 Å².